The van der Waals surface area contributed by atoms with Gasteiger partial charge >= 0.3 is 0 Å². The van der Waals surface area contributed by atoms with Gasteiger partial charge in [-0.15, -0.1) is 0 Å². The largest absolute Gasteiger partial charge is 0.343 e. The van der Waals surface area contributed by atoms with E-state index in [0.29, 0.717) is 0 Å². The zero-order valence-corrected chi connectivity index (χ0v) is 14.9. The summed E-state index contributed by atoms with van der Waals surface area (Å²) in [4.78, 5) is 14.2. The number of hydrogen-bond donors (Lipinski definition) is 1. The van der Waals surface area contributed by atoms with Gasteiger partial charge in [0, 0.05) is 42.0 Å². The van der Waals surface area contributed by atoms with Crippen molar-refractivity contribution < 1.29 is 9.53 Å². The molecule has 1 spiro atoms. The Labute approximate surface area is 144 Å². The number of carbonyl (C=O) groups is 1. The lowest BCUT2D eigenvalue weighted by molar-refractivity contribution is -0.124. The molecule has 1 aromatic carbocycles. The maximum Gasteiger partial charge on any atom is 0.251 e. The molecule has 1 amide bonds. The van der Waals surface area contributed by atoms with Crippen LogP contribution in [-0.4, -0.2) is 35.7 Å². The van der Waals surface area contributed by atoms with Crippen LogP contribution in [0.15, 0.2) is 22.7 Å². The first-order valence-electron chi connectivity index (χ1n) is 7.67. The maximum atomic E-state index is 11.9. The van der Waals surface area contributed by atoms with Crippen LogP contribution in [0, 0.1) is 0 Å². The summed E-state index contributed by atoms with van der Waals surface area (Å²) in [7, 11) is 0. The second-order valence-corrected chi connectivity index (χ2v) is 7.33. The summed E-state index contributed by atoms with van der Waals surface area (Å²) in [5, 5.41) is 3.84. The van der Waals surface area contributed by atoms with E-state index in [4.69, 9.17) is 16.3 Å². The number of rotatable bonds is 3. The van der Waals surface area contributed by atoms with Crippen molar-refractivity contribution in [2.45, 2.75) is 44.6 Å². The molecule has 1 N–H and O–H groups in total. The number of halogens is 2. The summed E-state index contributed by atoms with van der Waals surface area (Å²) in [6.07, 6.45) is 2.09. The van der Waals surface area contributed by atoms with Crippen molar-refractivity contribution >= 4 is 33.4 Å². The fourth-order valence-corrected chi connectivity index (χ4v) is 3.87. The Morgan fingerprint density at radius 3 is 2.77 bits per heavy atom. The van der Waals surface area contributed by atoms with Crippen LogP contribution in [0.4, 0.5) is 0 Å². The van der Waals surface area contributed by atoms with Gasteiger partial charge in [0.1, 0.15) is 11.8 Å². The number of piperidine rings is 1. The van der Waals surface area contributed by atoms with Gasteiger partial charge in [-0.1, -0.05) is 40.5 Å². The van der Waals surface area contributed by atoms with Crippen LogP contribution < -0.4 is 5.32 Å². The Morgan fingerprint density at radius 2 is 2.18 bits per heavy atom. The van der Waals surface area contributed by atoms with Crippen molar-refractivity contribution in [1.82, 2.24) is 10.2 Å². The number of ether oxygens (including phenoxy) is 1. The zero-order chi connectivity index (χ0) is 15.7. The van der Waals surface area contributed by atoms with E-state index in [9.17, 15) is 4.79 Å². The molecule has 2 aliphatic rings. The third-order valence-corrected chi connectivity index (χ3v) is 5.30. The van der Waals surface area contributed by atoms with Gasteiger partial charge in [0.15, 0.2) is 0 Å². The highest BCUT2D eigenvalue weighted by molar-refractivity contribution is 9.10. The second-order valence-electron chi connectivity index (χ2n) is 6.01. The molecule has 0 saturated carbocycles. The third kappa shape index (κ3) is 3.32. The molecule has 6 heteroatoms. The fraction of sp³-hybridized carbons (Fsp3) is 0.562. The third-order valence-electron chi connectivity index (χ3n) is 4.45. The average Bonchev–Trinajstić information content (AvgIpc) is 2.80. The standard InChI is InChI=1S/C16H20BrClN2O2/c1-2-14-15(21)19-16(22-14)5-7-20(8-6-16)10-11-3-4-12(17)9-13(11)18/h3-4,9,14H,2,5-8,10H2,1H3,(H,19,21). The van der Waals surface area contributed by atoms with Gasteiger partial charge in [-0.25, -0.2) is 0 Å². The lowest BCUT2D eigenvalue weighted by Crippen LogP contribution is -2.51. The number of carbonyl (C=O) groups excluding carboxylic acids is 1. The van der Waals surface area contributed by atoms with Crippen molar-refractivity contribution in [3.05, 3.63) is 33.3 Å². The summed E-state index contributed by atoms with van der Waals surface area (Å²) < 4.78 is 6.96. The summed E-state index contributed by atoms with van der Waals surface area (Å²) >= 11 is 9.71. The van der Waals surface area contributed by atoms with Gasteiger partial charge in [0.05, 0.1) is 0 Å². The monoisotopic (exact) mass is 386 g/mol. The van der Waals surface area contributed by atoms with Crippen LogP contribution in [-0.2, 0) is 16.1 Å². The molecule has 3 rings (SSSR count). The first kappa shape index (κ1) is 16.2. The maximum absolute atomic E-state index is 11.9. The van der Waals surface area contributed by atoms with Crippen LogP contribution >= 0.6 is 27.5 Å². The number of hydrogen-bond acceptors (Lipinski definition) is 3. The van der Waals surface area contributed by atoms with Crippen molar-refractivity contribution in [3.8, 4) is 0 Å². The van der Waals surface area contributed by atoms with E-state index in [-0.39, 0.29) is 12.0 Å². The molecule has 2 fully saturated rings. The molecule has 120 valence electrons. The number of nitrogens with zero attached hydrogens (tertiary/aromatic N) is 1. The highest BCUT2D eigenvalue weighted by atomic mass is 79.9. The van der Waals surface area contributed by atoms with Crippen molar-refractivity contribution in [2.75, 3.05) is 13.1 Å². The Balaban J connectivity index is 1.59. The first-order chi connectivity index (χ1) is 10.5. The van der Waals surface area contributed by atoms with Crippen LogP contribution in [0.1, 0.15) is 31.7 Å². The van der Waals surface area contributed by atoms with Gasteiger partial charge < -0.3 is 10.1 Å². The lowest BCUT2D eigenvalue weighted by atomic mass is 10.00. The van der Waals surface area contributed by atoms with E-state index in [1.165, 1.54) is 0 Å². The summed E-state index contributed by atoms with van der Waals surface area (Å²) in [5.74, 6) is 0.0342. The quantitative estimate of drug-likeness (QED) is 0.865. The summed E-state index contributed by atoms with van der Waals surface area (Å²) in [6.45, 7) is 4.59. The molecule has 1 aromatic rings. The lowest BCUT2D eigenvalue weighted by Gasteiger charge is -2.38. The van der Waals surface area contributed by atoms with E-state index in [2.05, 4.69) is 32.2 Å². The number of benzene rings is 1. The van der Waals surface area contributed by atoms with E-state index >= 15 is 0 Å². The minimum Gasteiger partial charge on any atom is -0.343 e. The SMILES string of the molecule is CCC1OC2(CCN(Cc3ccc(Br)cc3Cl)CC2)NC1=O. The topological polar surface area (TPSA) is 41.6 Å². The van der Waals surface area contributed by atoms with Crippen LogP contribution in [0.25, 0.3) is 0 Å². The molecule has 0 aromatic heterocycles. The van der Waals surface area contributed by atoms with Gasteiger partial charge in [0.25, 0.3) is 5.91 Å². The highest BCUT2D eigenvalue weighted by Crippen LogP contribution is 2.32. The Bertz CT molecular complexity index is 573. The highest BCUT2D eigenvalue weighted by Gasteiger charge is 2.46. The second kappa shape index (κ2) is 6.48. The molecular formula is C16H20BrClN2O2. The molecule has 2 heterocycles. The minimum absolute atomic E-state index is 0.0342. The summed E-state index contributed by atoms with van der Waals surface area (Å²) in [5.41, 5.74) is 0.682. The van der Waals surface area contributed by atoms with Crippen molar-refractivity contribution in [2.24, 2.45) is 0 Å². The van der Waals surface area contributed by atoms with Gasteiger partial charge in [0.2, 0.25) is 0 Å². The molecule has 22 heavy (non-hydrogen) atoms. The minimum atomic E-state index is -0.447. The predicted molar refractivity (Wildman–Crippen MR) is 89.7 cm³/mol. The Hall–Kier alpha value is -0.620. The Morgan fingerprint density at radius 1 is 1.45 bits per heavy atom. The molecule has 2 saturated heterocycles. The molecule has 0 aliphatic carbocycles. The molecule has 0 bridgehead atoms. The van der Waals surface area contributed by atoms with Gasteiger partial charge in [-0.2, -0.15) is 0 Å². The molecular weight excluding hydrogens is 368 g/mol. The van der Waals surface area contributed by atoms with Gasteiger partial charge in [-0.05, 0) is 24.1 Å². The van der Waals surface area contributed by atoms with Gasteiger partial charge in [-0.3, -0.25) is 9.69 Å². The number of likely N-dealkylation sites (tertiary alicyclic amines) is 1. The van der Waals surface area contributed by atoms with Crippen molar-refractivity contribution in [1.29, 1.82) is 0 Å². The smallest absolute Gasteiger partial charge is 0.251 e. The molecule has 1 unspecified atom stereocenters. The summed E-state index contributed by atoms with van der Waals surface area (Å²) in [6, 6.07) is 5.99. The molecule has 0 radical (unpaired) electrons. The van der Waals surface area contributed by atoms with E-state index < -0.39 is 5.72 Å². The predicted octanol–water partition coefficient (Wildman–Crippen LogP) is 3.32. The number of amides is 1. The normalized spacial score (nSPS) is 24.7. The molecule has 1 atom stereocenters. The average molecular weight is 388 g/mol. The number of nitrogens with one attached hydrogen (secondary N) is 1. The van der Waals surface area contributed by atoms with Crippen molar-refractivity contribution in [3.63, 3.8) is 0 Å². The van der Waals surface area contributed by atoms with E-state index in [1.54, 1.807) is 0 Å². The van der Waals surface area contributed by atoms with E-state index in [0.717, 1.165) is 54.0 Å². The van der Waals surface area contributed by atoms with Crippen LogP contribution in [0.3, 0.4) is 0 Å². The van der Waals surface area contributed by atoms with E-state index in [1.807, 2.05) is 19.1 Å². The zero-order valence-electron chi connectivity index (χ0n) is 12.6. The van der Waals surface area contributed by atoms with Crippen LogP contribution in [0.2, 0.25) is 5.02 Å². The molecule has 2 aliphatic heterocycles. The Kier molecular flexibility index (Phi) is 4.78. The fourth-order valence-electron chi connectivity index (χ4n) is 3.14. The van der Waals surface area contributed by atoms with Crippen LogP contribution in [0.5, 0.6) is 0 Å². The molecule has 4 nitrogen and oxygen atoms in total. The first-order valence-corrected chi connectivity index (χ1v) is 8.84.